The first-order chi connectivity index (χ1) is 10.1. The van der Waals surface area contributed by atoms with Crippen LogP contribution in [0.25, 0.3) is 0 Å². The van der Waals surface area contributed by atoms with Crippen molar-refractivity contribution in [1.82, 2.24) is 0 Å². The van der Waals surface area contributed by atoms with E-state index in [2.05, 4.69) is 15.8 Å². The number of amides is 1. The van der Waals surface area contributed by atoms with E-state index in [-0.39, 0.29) is 0 Å². The minimum Gasteiger partial charge on any atom is -0.277 e. The third-order valence-corrected chi connectivity index (χ3v) is 4.28. The Morgan fingerprint density at radius 3 is 2.10 bits per heavy atom. The Labute approximate surface area is 123 Å². The molecule has 1 aromatic carbocycles. The summed E-state index contributed by atoms with van der Waals surface area (Å²) in [5.41, 5.74) is 6.15. The van der Waals surface area contributed by atoms with Crippen LogP contribution in [0.4, 0.5) is 10.5 Å². The SMILES string of the molecule is CC(=O)OOC(=O)N(C)c1c2c(cc3c1CCC3)CCC2. The summed E-state index contributed by atoms with van der Waals surface area (Å²) in [5, 5.41) is 0. The standard InChI is InChI=1S/C16H19NO4/c1-10(18)20-21-16(19)17(2)15-13-7-3-5-11(13)9-12-6-4-8-14(12)15/h9H,3-8H2,1-2H3. The number of benzene rings is 1. The van der Waals surface area contributed by atoms with Crippen LogP contribution in [0.2, 0.25) is 0 Å². The van der Waals surface area contributed by atoms with Gasteiger partial charge >= 0.3 is 12.1 Å². The summed E-state index contributed by atoms with van der Waals surface area (Å²) in [6, 6.07) is 2.30. The van der Waals surface area contributed by atoms with E-state index in [0.29, 0.717) is 0 Å². The molecule has 0 N–H and O–H groups in total. The number of nitrogens with zero attached hydrogens (tertiary/aromatic N) is 1. The smallest absolute Gasteiger partial charge is 0.277 e. The highest BCUT2D eigenvalue weighted by molar-refractivity contribution is 5.90. The highest BCUT2D eigenvalue weighted by Gasteiger charge is 2.29. The third-order valence-electron chi connectivity index (χ3n) is 4.28. The fourth-order valence-corrected chi connectivity index (χ4v) is 3.43. The molecule has 0 spiro atoms. The van der Waals surface area contributed by atoms with Crippen LogP contribution in [-0.4, -0.2) is 19.1 Å². The number of carbonyl (C=O) groups excluding carboxylic acids is 2. The van der Waals surface area contributed by atoms with Gasteiger partial charge in [0.15, 0.2) is 0 Å². The zero-order valence-electron chi connectivity index (χ0n) is 12.4. The molecular formula is C16H19NO4. The molecule has 0 saturated heterocycles. The average Bonchev–Trinajstić information content (AvgIpc) is 3.09. The van der Waals surface area contributed by atoms with Crippen molar-refractivity contribution in [2.45, 2.75) is 45.4 Å². The maximum atomic E-state index is 12.1. The van der Waals surface area contributed by atoms with Crippen LogP contribution in [0.5, 0.6) is 0 Å². The summed E-state index contributed by atoms with van der Waals surface area (Å²) >= 11 is 0. The summed E-state index contributed by atoms with van der Waals surface area (Å²) in [6.07, 6.45) is 5.72. The number of aryl methyl sites for hydroxylation is 2. The van der Waals surface area contributed by atoms with Gasteiger partial charge in [-0.2, -0.15) is 0 Å². The first kappa shape index (κ1) is 13.9. The van der Waals surface area contributed by atoms with Crippen LogP contribution in [0, 0.1) is 0 Å². The lowest BCUT2D eigenvalue weighted by molar-refractivity contribution is -0.228. The van der Waals surface area contributed by atoms with Gasteiger partial charge in [-0.1, -0.05) is 6.07 Å². The normalized spacial score (nSPS) is 15.3. The average molecular weight is 289 g/mol. The summed E-state index contributed by atoms with van der Waals surface area (Å²) in [6.45, 7) is 1.20. The lowest BCUT2D eigenvalue weighted by atomic mass is 9.98. The van der Waals surface area contributed by atoms with E-state index in [1.165, 1.54) is 34.1 Å². The van der Waals surface area contributed by atoms with Crippen LogP contribution < -0.4 is 4.90 Å². The molecule has 0 saturated carbocycles. The van der Waals surface area contributed by atoms with E-state index < -0.39 is 12.1 Å². The first-order valence-electron chi connectivity index (χ1n) is 7.37. The molecule has 21 heavy (non-hydrogen) atoms. The topological polar surface area (TPSA) is 55.8 Å². The molecule has 112 valence electrons. The summed E-state index contributed by atoms with van der Waals surface area (Å²) in [5.74, 6) is -0.639. The van der Waals surface area contributed by atoms with Crippen molar-refractivity contribution in [2.75, 3.05) is 11.9 Å². The molecule has 5 heteroatoms. The van der Waals surface area contributed by atoms with Crippen molar-refractivity contribution in [3.05, 3.63) is 28.3 Å². The third kappa shape index (κ3) is 2.48. The number of carbonyl (C=O) groups is 2. The van der Waals surface area contributed by atoms with Crippen molar-refractivity contribution in [3.8, 4) is 0 Å². The van der Waals surface area contributed by atoms with Crippen LogP contribution in [0.3, 0.4) is 0 Å². The largest absolute Gasteiger partial charge is 0.457 e. The molecule has 0 fully saturated rings. The number of hydrogen-bond donors (Lipinski definition) is 0. The summed E-state index contributed by atoms with van der Waals surface area (Å²) in [7, 11) is 1.68. The Morgan fingerprint density at radius 1 is 1.00 bits per heavy atom. The van der Waals surface area contributed by atoms with Gasteiger partial charge in [-0.3, -0.25) is 4.90 Å². The lowest BCUT2D eigenvalue weighted by Crippen LogP contribution is -2.29. The van der Waals surface area contributed by atoms with Crippen molar-refractivity contribution in [2.24, 2.45) is 0 Å². The van der Waals surface area contributed by atoms with Gasteiger partial charge in [-0.25, -0.2) is 19.4 Å². The molecule has 2 aliphatic rings. The van der Waals surface area contributed by atoms with E-state index >= 15 is 0 Å². The Bertz CT molecular complexity index is 577. The molecule has 0 aromatic heterocycles. The fraction of sp³-hybridized carbons (Fsp3) is 0.500. The predicted octanol–water partition coefficient (Wildman–Crippen LogP) is 2.71. The predicted molar refractivity (Wildman–Crippen MR) is 77.1 cm³/mol. The minimum absolute atomic E-state index is 0.639. The molecule has 0 radical (unpaired) electrons. The van der Waals surface area contributed by atoms with Crippen LogP contribution in [0.1, 0.15) is 42.0 Å². The van der Waals surface area contributed by atoms with E-state index in [1.807, 2.05) is 0 Å². The zero-order valence-corrected chi connectivity index (χ0v) is 12.4. The van der Waals surface area contributed by atoms with Crippen LogP contribution in [-0.2, 0) is 40.3 Å². The van der Waals surface area contributed by atoms with Gasteiger partial charge in [-0.05, 0) is 60.8 Å². The lowest BCUT2D eigenvalue weighted by Gasteiger charge is -2.22. The number of anilines is 1. The molecule has 2 aliphatic carbocycles. The molecule has 5 nitrogen and oxygen atoms in total. The quantitative estimate of drug-likeness (QED) is 0.589. The van der Waals surface area contributed by atoms with Crippen LogP contribution in [0.15, 0.2) is 6.07 Å². The minimum atomic E-state index is -0.653. The molecule has 3 rings (SSSR count). The van der Waals surface area contributed by atoms with Crippen molar-refractivity contribution in [1.29, 1.82) is 0 Å². The highest BCUT2D eigenvalue weighted by Crippen LogP contribution is 2.40. The molecule has 0 bridgehead atoms. The second-order valence-electron chi connectivity index (χ2n) is 5.69. The molecular weight excluding hydrogens is 270 g/mol. The van der Waals surface area contributed by atoms with E-state index in [1.54, 1.807) is 7.05 Å². The second kappa shape index (κ2) is 5.39. The van der Waals surface area contributed by atoms with E-state index in [0.717, 1.165) is 44.2 Å². The van der Waals surface area contributed by atoms with E-state index in [4.69, 9.17) is 0 Å². The van der Waals surface area contributed by atoms with Gasteiger partial charge in [0, 0.05) is 14.0 Å². The number of rotatable bonds is 1. The molecule has 0 unspecified atom stereocenters. The van der Waals surface area contributed by atoms with Crippen molar-refractivity contribution >= 4 is 17.7 Å². The van der Waals surface area contributed by atoms with Gasteiger partial charge in [-0.15, -0.1) is 0 Å². The Morgan fingerprint density at radius 2 is 1.57 bits per heavy atom. The highest BCUT2D eigenvalue weighted by atomic mass is 17.2. The zero-order chi connectivity index (χ0) is 15.0. The Hall–Kier alpha value is -2.04. The molecule has 0 atom stereocenters. The summed E-state index contributed by atoms with van der Waals surface area (Å²) in [4.78, 5) is 33.3. The van der Waals surface area contributed by atoms with Crippen LogP contribution >= 0.6 is 0 Å². The van der Waals surface area contributed by atoms with Gasteiger partial charge < -0.3 is 0 Å². The fourth-order valence-electron chi connectivity index (χ4n) is 3.43. The molecule has 1 aromatic rings. The summed E-state index contributed by atoms with van der Waals surface area (Å²) < 4.78 is 0. The van der Waals surface area contributed by atoms with Crippen molar-refractivity contribution < 1.29 is 19.4 Å². The number of hydrogen-bond acceptors (Lipinski definition) is 4. The Balaban J connectivity index is 1.94. The first-order valence-corrected chi connectivity index (χ1v) is 7.37. The van der Waals surface area contributed by atoms with Gasteiger partial charge in [0.25, 0.3) is 0 Å². The van der Waals surface area contributed by atoms with Crippen molar-refractivity contribution in [3.63, 3.8) is 0 Å². The number of fused-ring (bicyclic) bond motifs is 2. The monoisotopic (exact) mass is 289 g/mol. The Kier molecular flexibility index (Phi) is 3.57. The molecule has 0 heterocycles. The molecule has 1 amide bonds. The van der Waals surface area contributed by atoms with Gasteiger partial charge in [0.1, 0.15) is 0 Å². The van der Waals surface area contributed by atoms with E-state index in [9.17, 15) is 9.59 Å². The maximum absolute atomic E-state index is 12.1. The second-order valence-corrected chi connectivity index (χ2v) is 5.69. The van der Waals surface area contributed by atoms with Gasteiger partial charge in [0.05, 0.1) is 5.69 Å². The molecule has 0 aliphatic heterocycles. The van der Waals surface area contributed by atoms with Gasteiger partial charge in [0.2, 0.25) is 0 Å². The maximum Gasteiger partial charge on any atom is 0.457 e.